The van der Waals surface area contributed by atoms with Gasteiger partial charge in [0, 0.05) is 33.3 Å². The van der Waals surface area contributed by atoms with Crippen molar-refractivity contribution in [1.29, 1.82) is 0 Å². The summed E-state index contributed by atoms with van der Waals surface area (Å²) in [6, 6.07) is 4.42. The molecule has 0 N–H and O–H groups in total. The van der Waals surface area contributed by atoms with E-state index >= 15 is 0 Å². The highest BCUT2D eigenvalue weighted by Crippen LogP contribution is 2.32. The first-order chi connectivity index (χ1) is 13.2. The maximum atomic E-state index is 12.9. The number of sulfonamides is 1. The molecule has 1 heterocycles. The third-order valence-electron chi connectivity index (χ3n) is 4.62. The number of methoxy groups -OCH3 is 2. The number of carbonyl (C=O) groups excluding carboxylic acids is 2. The van der Waals surface area contributed by atoms with Gasteiger partial charge in [0.2, 0.25) is 10.0 Å². The number of esters is 1. The second-order valence-corrected chi connectivity index (χ2v) is 8.53. The molecular formula is C18H26N2O7S. The number of piperidine rings is 1. The molecule has 0 atom stereocenters. The van der Waals surface area contributed by atoms with Crippen LogP contribution in [-0.4, -0.2) is 77.5 Å². The lowest BCUT2D eigenvalue weighted by Crippen LogP contribution is -2.41. The second-order valence-electron chi connectivity index (χ2n) is 6.59. The number of amides is 1. The van der Waals surface area contributed by atoms with Crippen LogP contribution in [0.25, 0.3) is 0 Å². The number of nitrogens with zero attached hydrogens (tertiary/aromatic N) is 2. The van der Waals surface area contributed by atoms with Crippen LogP contribution in [0.1, 0.15) is 12.8 Å². The zero-order valence-corrected chi connectivity index (χ0v) is 17.3. The third-order valence-corrected chi connectivity index (χ3v) is 6.51. The van der Waals surface area contributed by atoms with Crippen LogP contribution in [0.5, 0.6) is 11.5 Å². The Kier molecular flexibility index (Phi) is 7.25. The fraction of sp³-hybridized carbons (Fsp3) is 0.556. The van der Waals surface area contributed by atoms with E-state index in [0.717, 1.165) is 0 Å². The summed E-state index contributed by atoms with van der Waals surface area (Å²) in [5, 5.41) is 0. The topological polar surface area (TPSA) is 102 Å². The zero-order chi connectivity index (χ0) is 20.9. The smallest absolute Gasteiger partial charge is 0.309 e. The molecule has 1 amide bonds. The van der Waals surface area contributed by atoms with Crippen LogP contribution < -0.4 is 9.47 Å². The molecule has 2 rings (SSSR count). The molecule has 1 saturated heterocycles. The largest absolute Gasteiger partial charge is 0.493 e. The van der Waals surface area contributed by atoms with Gasteiger partial charge in [-0.25, -0.2) is 8.42 Å². The Bertz CT molecular complexity index is 815. The zero-order valence-electron chi connectivity index (χ0n) is 16.5. The highest BCUT2D eigenvalue weighted by Gasteiger charge is 2.33. The third kappa shape index (κ3) is 4.93. The van der Waals surface area contributed by atoms with Crippen molar-refractivity contribution in [1.82, 2.24) is 9.21 Å². The molecule has 0 unspecified atom stereocenters. The van der Waals surface area contributed by atoms with Gasteiger partial charge in [0.25, 0.3) is 5.91 Å². The molecule has 0 aromatic heterocycles. The molecule has 1 fully saturated rings. The van der Waals surface area contributed by atoms with Gasteiger partial charge in [-0.3, -0.25) is 9.59 Å². The minimum absolute atomic E-state index is 0.0998. The summed E-state index contributed by atoms with van der Waals surface area (Å²) in [5.74, 6) is -0.435. The van der Waals surface area contributed by atoms with Gasteiger partial charge in [0.1, 0.15) is 0 Å². The van der Waals surface area contributed by atoms with Gasteiger partial charge in [-0.05, 0) is 25.0 Å². The lowest BCUT2D eigenvalue weighted by Gasteiger charge is -2.30. The molecular weight excluding hydrogens is 388 g/mol. The Balaban J connectivity index is 2.00. The van der Waals surface area contributed by atoms with Crippen LogP contribution >= 0.6 is 0 Å². The molecule has 9 nitrogen and oxygen atoms in total. The first-order valence-corrected chi connectivity index (χ1v) is 10.2. The van der Waals surface area contributed by atoms with Gasteiger partial charge in [-0.15, -0.1) is 0 Å². The Hall–Kier alpha value is -2.33. The molecule has 1 aliphatic rings. The van der Waals surface area contributed by atoms with E-state index in [1.54, 1.807) is 14.1 Å². The quantitative estimate of drug-likeness (QED) is 0.606. The van der Waals surface area contributed by atoms with Gasteiger partial charge < -0.3 is 19.1 Å². The molecule has 1 aromatic carbocycles. The van der Waals surface area contributed by atoms with E-state index in [4.69, 9.17) is 14.2 Å². The minimum Gasteiger partial charge on any atom is -0.493 e. The predicted octanol–water partition coefficient (Wildman–Crippen LogP) is 0.736. The number of likely N-dealkylation sites (N-methyl/N-ethyl adjacent to an activating group) is 1. The van der Waals surface area contributed by atoms with Gasteiger partial charge in [-0.2, -0.15) is 4.31 Å². The van der Waals surface area contributed by atoms with E-state index in [-0.39, 0.29) is 30.5 Å². The molecule has 1 aromatic rings. The van der Waals surface area contributed by atoms with Gasteiger partial charge in [0.15, 0.2) is 18.1 Å². The van der Waals surface area contributed by atoms with E-state index in [2.05, 4.69) is 0 Å². The lowest BCUT2D eigenvalue weighted by atomic mass is 9.98. The van der Waals surface area contributed by atoms with Crippen molar-refractivity contribution in [3.8, 4) is 11.5 Å². The highest BCUT2D eigenvalue weighted by molar-refractivity contribution is 7.89. The van der Waals surface area contributed by atoms with Crippen molar-refractivity contribution in [3.05, 3.63) is 18.2 Å². The maximum absolute atomic E-state index is 12.9. The fourth-order valence-electron chi connectivity index (χ4n) is 2.84. The van der Waals surface area contributed by atoms with E-state index in [1.165, 1.54) is 41.6 Å². The molecule has 156 valence electrons. The van der Waals surface area contributed by atoms with Crippen molar-refractivity contribution < 1.29 is 32.2 Å². The summed E-state index contributed by atoms with van der Waals surface area (Å²) in [4.78, 5) is 25.1. The van der Waals surface area contributed by atoms with E-state index in [9.17, 15) is 18.0 Å². The Morgan fingerprint density at radius 3 is 2.25 bits per heavy atom. The van der Waals surface area contributed by atoms with Crippen LogP contribution in [-0.2, 0) is 24.3 Å². The Morgan fingerprint density at radius 2 is 1.71 bits per heavy atom. The first-order valence-electron chi connectivity index (χ1n) is 8.79. The van der Waals surface area contributed by atoms with E-state index in [0.29, 0.717) is 24.3 Å². The number of ether oxygens (including phenoxy) is 3. The van der Waals surface area contributed by atoms with Gasteiger partial charge in [0.05, 0.1) is 25.0 Å². The number of hydrogen-bond donors (Lipinski definition) is 0. The summed E-state index contributed by atoms with van der Waals surface area (Å²) in [6.45, 7) is 0.0755. The Labute approximate surface area is 165 Å². The molecule has 28 heavy (non-hydrogen) atoms. The van der Waals surface area contributed by atoms with Crippen molar-refractivity contribution in [3.63, 3.8) is 0 Å². The molecule has 0 bridgehead atoms. The minimum atomic E-state index is -3.72. The van der Waals surface area contributed by atoms with Crippen LogP contribution in [0.15, 0.2) is 23.1 Å². The van der Waals surface area contributed by atoms with Crippen molar-refractivity contribution in [2.24, 2.45) is 5.92 Å². The SMILES string of the molecule is COc1ccc(S(=O)(=O)N2CCC(C(=O)OCC(=O)N(C)C)CC2)cc1OC. The fourth-order valence-corrected chi connectivity index (χ4v) is 4.32. The maximum Gasteiger partial charge on any atom is 0.309 e. The lowest BCUT2D eigenvalue weighted by molar-refractivity contribution is -0.155. The highest BCUT2D eigenvalue weighted by atomic mass is 32.2. The molecule has 1 aliphatic heterocycles. The number of hydrogen-bond acceptors (Lipinski definition) is 7. The number of benzene rings is 1. The molecule has 0 spiro atoms. The van der Waals surface area contributed by atoms with E-state index in [1.807, 2.05) is 0 Å². The van der Waals surface area contributed by atoms with Crippen LogP contribution in [0.4, 0.5) is 0 Å². The van der Waals surface area contributed by atoms with Crippen molar-refractivity contribution >= 4 is 21.9 Å². The molecule has 10 heteroatoms. The first kappa shape index (κ1) is 22.0. The van der Waals surface area contributed by atoms with Crippen LogP contribution in [0.2, 0.25) is 0 Å². The summed E-state index contributed by atoms with van der Waals surface area (Å²) in [7, 11) is 2.34. The van der Waals surface area contributed by atoms with Crippen LogP contribution in [0, 0.1) is 5.92 Å². The van der Waals surface area contributed by atoms with E-state index < -0.39 is 21.9 Å². The molecule has 0 saturated carbocycles. The summed E-state index contributed by atoms with van der Waals surface area (Å²) in [6.07, 6.45) is 0.670. The van der Waals surface area contributed by atoms with Crippen molar-refractivity contribution in [2.75, 3.05) is 48.0 Å². The summed E-state index contributed by atoms with van der Waals surface area (Å²) < 4.78 is 42.4. The summed E-state index contributed by atoms with van der Waals surface area (Å²) in [5.41, 5.74) is 0. The standard InChI is InChI=1S/C18H26N2O7S/c1-19(2)17(21)12-27-18(22)13-7-9-20(10-8-13)28(23,24)14-5-6-15(25-3)16(11-14)26-4/h5-6,11,13H,7-10,12H2,1-4H3. The second kappa shape index (κ2) is 9.24. The normalized spacial score (nSPS) is 15.7. The predicted molar refractivity (Wildman–Crippen MR) is 101 cm³/mol. The molecule has 0 aliphatic carbocycles. The van der Waals surface area contributed by atoms with Crippen molar-refractivity contribution in [2.45, 2.75) is 17.7 Å². The monoisotopic (exact) mass is 414 g/mol. The van der Waals surface area contributed by atoms with Gasteiger partial charge in [-0.1, -0.05) is 0 Å². The average Bonchev–Trinajstić information content (AvgIpc) is 2.70. The summed E-state index contributed by atoms with van der Waals surface area (Å²) >= 11 is 0. The average molecular weight is 414 g/mol. The number of rotatable bonds is 7. The Morgan fingerprint density at radius 1 is 1.11 bits per heavy atom. The van der Waals surface area contributed by atoms with Gasteiger partial charge >= 0.3 is 5.97 Å². The number of carbonyl (C=O) groups is 2. The van der Waals surface area contributed by atoms with Crippen LogP contribution in [0.3, 0.4) is 0 Å². The molecule has 0 radical (unpaired) electrons.